The van der Waals surface area contributed by atoms with Crippen LogP contribution in [0.25, 0.3) is 11.0 Å². The second kappa shape index (κ2) is 7.47. The van der Waals surface area contributed by atoms with Crippen LogP contribution in [0.4, 0.5) is 18.9 Å². The number of benzene rings is 2. The normalized spacial score (nSPS) is 11.3. The molecule has 0 radical (unpaired) electrons. The Bertz CT molecular complexity index is 1110. The Balaban J connectivity index is 1.71. The van der Waals surface area contributed by atoms with Gasteiger partial charge in [-0.3, -0.25) is 4.79 Å². The fraction of sp³-hybridized carbons (Fsp3) is 0.100. The number of alkyl halides is 2. The molecule has 2 heterocycles. The van der Waals surface area contributed by atoms with Gasteiger partial charge in [0, 0.05) is 16.1 Å². The number of anilines is 1. The number of aromatic nitrogens is 2. The van der Waals surface area contributed by atoms with E-state index in [4.69, 9.17) is 0 Å². The summed E-state index contributed by atoms with van der Waals surface area (Å²) in [6.45, 7) is 0.311. The van der Waals surface area contributed by atoms with Gasteiger partial charge in [0.15, 0.2) is 5.82 Å². The van der Waals surface area contributed by atoms with Crippen LogP contribution in [0, 0.1) is 5.82 Å². The molecule has 1 N–H and O–H groups in total. The number of halogens is 3. The molecule has 0 bridgehead atoms. The Morgan fingerprint density at radius 1 is 1.14 bits per heavy atom. The molecule has 0 unspecified atom stereocenters. The van der Waals surface area contributed by atoms with E-state index in [1.54, 1.807) is 6.07 Å². The van der Waals surface area contributed by atoms with Gasteiger partial charge in [0.2, 0.25) is 0 Å². The number of H-pyrrole nitrogens is 1. The third-order valence-electron chi connectivity index (χ3n) is 4.23. The van der Waals surface area contributed by atoms with E-state index in [9.17, 15) is 18.0 Å². The molecule has 0 atom stereocenters. The standard InChI is InChI=1S/C20H14F3N3OS/c21-13-4-6-14(7-5-13)26(11-15-2-1-9-28-15)20(27)12-3-8-16-17(10-12)25-19(24-16)18(22)23/h1-10,18H,11H2,(H,24,25). The molecule has 2 aromatic carbocycles. The summed E-state index contributed by atoms with van der Waals surface area (Å²) < 4.78 is 39.0. The number of hydrogen-bond acceptors (Lipinski definition) is 3. The van der Waals surface area contributed by atoms with E-state index >= 15 is 0 Å². The Kier molecular flexibility index (Phi) is 4.87. The van der Waals surface area contributed by atoms with Crippen LogP contribution in [0.15, 0.2) is 60.0 Å². The van der Waals surface area contributed by atoms with Crippen LogP contribution in [0.3, 0.4) is 0 Å². The molecule has 0 aliphatic rings. The summed E-state index contributed by atoms with van der Waals surface area (Å²) in [5, 5.41) is 1.91. The molecule has 4 nitrogen and oxygen atoms in total. The van der Waals surface area contributed by atoms with Crippen molar-refractivity contribution in [2.45, 2.75) is 13.0 Å². The second-order valence-corrected chi connectivity index (χ2v) is 7.13. The maximum Gasteiger partial charge on any atom is 0.295 e. The zero-order valence-corrected chi connectivity index (χ0v) is 15.2. The zero-order chi connectivity index (χ0) is 19.7. The van der Waals surface area contributed by atoms with Gasteiger partial charge >= 0.3 is 0 Å². The monoisotopic (exact) mass is 401 g/mol. The highest BCUT2D eigenvalue weighted by molar-refractivity contribution is 7.09. The van der Waals surface area contributed by atoms with Crippen LogP contribution in [-0.4, -0.2) is 15.9 Å². The molecular weight excluding hydrogens is 387 g/mol. The van der Waals surface area contributed by atoms with E-state index in [2.05, 4.69) is 9.97 Å². The van der Waals surface area contributed by atoms with Crippen LogP contribution in [0.5, 0.6) is 0 Å². The minimum Gasteiger partial charge on any atom is -0.337 e. The quantitative estimate of drug-likeness (QED) is 0.477. The van der Waals surface area contributed by atoms with E-state index < -0.39 is 18.1 Å². The van der Waals surface area contributed by atoms with Gasteiger partial charge < -0.3 is 9.88 Å². The summed E-state index contributed by atoms with van der Waals surface area (Å²) in [5.41, 5.74) is 1.57. The van der Waals surface area contributed by atoms with Gasteiger partial charge in [0.25, 0.3) is 12.3 Å². The summed E-state index contributed by atoms with van der Waals surface area (Å²) in [7, 11) is 0. The molecule has 1 amide bonds. The number of rotatable bonds is 5. The first-order valence-electron chi connectivity index (χ1n) is 8.39. The Morgan fingerprint density at radius 2 is 1.93 bits per heavy atom. The van der Waals surface area contributed by atoms with E-state index in [0.29, 0.717) is 28.8 Å². The number of hydrogen-bond donors (Lipinski definition) is 1. The molecule has 0 aliphatic heterocycles. The van der Waals surface area contributed by atoms with E-state index in [1.165, 1.54) is 52.6 Å². The number of aromatic amines is 1. The fourth-order valence-electron chi connectivity index (χ4n) is 2.88. The van der Waals surface area contributed by atoms with Crippen molar-refractivity contribution in [2.24, 2.45) is 0 Å². The smallest absolute Gasteiger partial charge is 0.295 e. The van der Waals surface area contributed by atoms with Crippen molar-refractivity contribution < 1.29 is 18.0 Å². The average Bonchev–Trinajstić information content (AvgIpc) is 3.35. The van der Waals surface area contributed by atoms with E-state index in [0.717, 1.165) is 4.88 Å². The minimum atomic E-state index is -2.72. The molecule has 142 valence electrons. The van der Waals surface area contributed by atoms with Crippen LogP contribution in [0.1, 0.15) is 27.5 Å². The lowest BCUT2D eigenvalue weighted by Crippen LogP contribution is -2.30. The molecule has 2 aromatic heterocycles. The molecule has 8 heteroatoms. The van der Waals surface area contributed by atoms with Crippen molar-refractivity contribution in [2.75, 3.05) is 4.90 Å². The van der Waals surface area contributed by atoms with Crippen LogP contribution < -0.4 is 4.90 Å². The van der Waals surface area contributed by atoms with Gasteiger partial charge in [-0.1, -0.05) is 6.07 Å². The lowest BCUT2D eigenvalue weighted by atomic mass is 10.1. The Morgan fingerprint density at radius 3 is 2.61 bits per heavy atom. The number of amides is 1. The highest BCUT2D eigenvalue weighted by atomic mass is 32.1. The molecule has 0 aliphatic carbocycles. The number of carbonyl (C=O) groups excluding carboxylic acids is 1. The topological polar surface area (TPSA) is 49.0 Å². The summed E-state index contributed by atoms with van der Waals surface area (Å²) in [6.07, 6.45) is -2.72. The van der Waals surface area contributed by atoms with Gasteiger partial charge in [-0.2, -0.15) is 0 Å². The predicted octanol–water partition coefficient (Wildman–Crippen LogP) is 5.55. The van der Waals surface area contributed by atoms with Crippen LogP contribution in [-0.2, 0) is 6.54 Å². The number of imidazole rings is 1. The number of carbonyl (C=O) groups is 1. The maximum atomic E-state index is 13.3. The first kappa shape index (κ1) is 18.2. The summed E-state index contributed by atoms with van der Waals surface area (Å²) >= 11 is 1.50. The van der Waals surface area contributed by atoms with Gasteiger partial charge in [-0.15, -0.1) is 11.3 Å². The van der Waals surface area contributed by atoms with Crippen molar-refractivity contribution in [3.05, 3.63) is 82.1 Å². The third-order valence-corrected chi connectivity index (χ3v) is 5.09. The first-order chi connectivity index (χ1) is 13.5. The molecule has 0 saturated carbocycles. The molecular formula is C20H14F3N3OS. The highest BCUT2D eigenvalue weighted by Crippen LogP contribution is 2.25. The third kappa shape index (κ3) is 3.63. The van der Waals surface area contributed by atoms with Crippen LogP contribution in [0.2, 0.25) is 0 Å². The Labute approximate surface area is 162 Å². The largest absolute Gasteiger partial charge is 0.337 e. The van der Waals surface area contributed by atoms with Crippen molar-refractivity contribution in [3.63, 3.8) is 0 Å². The summed E-state index contributed by atoms with van der Waals surface area (Å²) in [5.74, 6) is -1.16. The van der Waals surface area contributed by atoms with Crippen LogP contribution >= 0.6 is 11.3 Å². The molecule has 4 aromatic rings. The number of thiophene rings is 1. The maximum absolute atomic E-state index is 13.3. The predicted molar refractivity (Wildman–Crippen MR) is 102 cm³/mol. The van der Waals surface area contributed by atoms with Gasteiger partial charge in [0.05, 0.1) is 17.6 Å². The van der Waals surface area contributed by atoms with E-state index in [1.807, 2.05) is 17.5 Å². The number of nitrogens with zero attached hydrogens (tertiary/aromatic N) is 2. The molecule has 4 rings (SSSR count). The van der Waals surface area contributed by atoms with Crippen molar-refractivity contribution >= 4 is 34.0 Å². The van der Waals surface area contributed by atoms with Gasteiger partial charge in [0.1, 0.15) is 5.82 Å². The molecule has 0 saturated heterocycles. The highest BCUT2D eigenvalue weighted by Gasteiger charge is 2.20. The SMILES string of the molecule is O=C(c1ccc2nc(C(F)F)[nH]c2c1)N(Cc1cccs1)c1ccc(F)cc1. The first-order valence-corrected chi connectivity index (χ1v) is 9.27. The Hall–Kier alpha value is -3.13. The molecule has 28 heavy (non-hydrogen) atoms. The number of nitrogens with one attached hydrogen (secondary N) is 1. The van der Waals surface area contributed by atoms with Crippen molar-refractivity contribution in [1.82, 2.24) is 9.97 Å². The van der Waals surface area contributed by atoms with Gasteiger partial charge in [-0.05, 0) is 53.9 Å². The fourth-order valence-corrected chi connectivity index (χ4v) is 3.57. The lowest BCUT2D eigenvalue weighted by Gasteiger charge is -2.22. The van der Waals surface area contributed by atoms with Crippen molar-refractivity contribution in [3.8, 4) is 0 Å². The average molecular weight is 401 g/mol. The zero-order valence-electron chi connectivity index (χ0n) is 14.4. The minimum absolute atomic E-state index is 0.311. The second-order valence-electron chi connectivity index (χ2n) is 6.10. The molecule has 0 spiro atoms. The number of fused-ring (bicyclic) bond motifs is 1. The summed E-state index contributed by atoms with van der Waals surface area (Å²) in [6, 6.07) is 14.0. The summed E-state index contributed by atoms with van der Waals surface area (Å²) in [4.78, 5) is 22.0. The lowest BCUT2D eigenvalue weighted by molar-refractivity contribution is 0.0985. The molecule has 0 fully saturated rings. The van der Waals surface area contributed by atoms with Crippen molar-refractivity contribution in [1.29, 1.82) is 0 Å². The van der Waals surface area contributed by atoms with Gasteiger partial charge in [-0.25, -0.2) is 18.2 Å². The van der Waals surface area contributed by atoms with E-state index in [-0.39, 0.29) is 5.91 Å².